The predicted molar refractivity (Wildman–Crippen MR) is 77.9 cm³/mol. The molecule has 1 atom stereocenters. The van der Waals surface area contributed by atoms with Gasteiger partial charge in [0.25, 0.3) is 5.56 Å². The third kappa shape index (κ3) is 3.36. The Balaban J connectivity index is 2.16. The normalized spacial score (nSPS) is 12.2. The maximum absolute atomic E-state index is 12.8. The van der Waals surface area contributed by atoms with Gasteiger partial charge in [-0.05, 0) is 31.0 Å². The lowest BCUT2D eigenvalue weighted by molar-refractivity contribution is 0.599. The highest BCUT2D eigenvalue weighted by molar-refractivity contribution is 5.32. The predicted octanol–water partition coefficient (Wildman–Crippen LogP) is 0.661. The number of aromatic nitrogens is 3. The van der Waals surface area contributed by atoms with Gasteiger partial charge in [-0.25, -0.2) is 13.9 Å². The molecule has 0 spiro atoms. The molecule has 112 valence electrons. The van der Waals surface area contributed by atoms with E-state index in [9.17, 15) is 14.0 Å². The van der Waals surface area contributed by atoms with E-state index in [1.165, 1.54) is 26.2 Å². The molecular formula is C14H17FN4O2. The third-order valence-corrected chi connectivity index (χ3v) is 3.16. The number of halogens is 1. The van der Waals surface area contributed by atoms with Crippen LogP contribution in [0.3, 0.4) is 0 Å². The number of hydrogen-bond acceptors (Lipinski definition) is 4. The van der Waals surface area contributed by atoms with Gasteiger partial charge in [0.05, 0.1) is 0 Å². The van der Waals surface area contributed by atoms with E-state index in [2.05, 4.69) is 10.4 Å². The molecular weight excluding hydrogens is 275 g/mol. The Morgan fingerprint density at radius 1 is 1.24 bits per heavy atom. The molecule has 21 heavy (non-hydrogen) atoms. The summed E-state index contributed by atoms with van der Waals surface area (Å²) in [6.07, 6.45) is 0.605. The third-order valence-electron chi connectivity index (χ3n) is 3.16. The van der Waals surface area contributed by atoms with Crippen molar-refractivity contribution >= 4 is 5.82 Å². The Morgan fingerprint density at radius 3 is 2.48 bits per heavy atom. The van der Waals surface area contributed by atoms with Gasteiger partial charge in [0, 0.05) is 20.1 Å². The number of nitrogens with one attached hydrogen (secondary N) is 1. The fraction of sp³-hybridized carbons (Fsp3) is 0.357. The maximum atomic E-state index is 12.8. The molecule has 0 bridgehead atoms. The first kappa shape index (κ1) is 15.0. The minimum Gasteiger partial charge on any atom is -0.361 e. The molecule has 1 aromatic heterocycles. The summed E-state index contributed by atoms with van der Waals surface area (Å²) in [4.78, 5) is 23.5. The number of anilines is 1. The molecule has 1 aromatic carbocycles. The maximum Gasteiger partial charge on any atom is 0.346 e. The molecule has 1 unspecified atom stereocenters. The van der Waals surface area contributed by atoms with Gasteiger partial charge < -0.3 is 5.32 Å². The van der Waals surface area contributed by atoms with Crippen LogP contribution in [0.5, 0.6) is 0 Å². The number of aryl methyl sites for hydroxylation is 1. The molecule has 2 aromatic rings. The van der Waals surface area contributed by atoms with E-state index in [4.69, 9.17) is 0 Å². The van der Waals surface area contributed by atoms with Crippen molar-refractivity contribution in [3.63, 3.8) is 0 Å². The fourth-order valence-corrected chi connectivity index (χ4v) is 2.05. The zero-order valence-electron chi connectivity index (χ0n) is 12.1. The van der Waals surface area contributed by atoms with E-state index in [0.29, 0.717) is 6.42 Å². The van der Waals surface area contributed by atoms with Crippen LogP contribution in [-0.2, 0) is 20.5 Å². The standard InChI is InChI=1S/C14H17FN4O2/c1-9(8-10-4-6-11(15)7-5-10)16-12-13(20)18(2)14(21)19(3)17-12/h4-7,9H,8H2,1-3H3,(H,16,17). The zero-order chi connectivity index (χ0) is 15.6. The highest BCUT2D eigenvalue weighted by Gasteiger charge is 2.11. The van der Waals surface area contributed by atoms with E-state index in [0.717, 1.165) is 14.8 Å². The average molecular weight is 292 g/mol. The molecule has 6 nitrogen and oxygen atoms in total. The second kappa shape index (κ2) is 5.90. The van der Waals surface area contributed by atoms with Crippen LogP contribution in [0, 0.1) is 5.82 Å². The van der Waals surface area contributed by atoms with Crippen LogP contribution in [0.25, 0.3) is 0 Å². The Labute approximate surface area is 120 Å². The highest BCUT2D eigenvalue weighted by Crippen LogP contribution is 2.07. The smallest absolute Gasteiger partial charge is 0.346 e. The Bertz CT molecular complexity index is 749. The first-order valence-electron chi connectivity index (χ1n) is 6.54. The largest absolute Gasteiger partial charge is 0.361 e. The zero-order valence-corrected chi connectivity index (χ0v) is 12.1. The molecule has 1 N–H and O–H groups in total. The molecule has 0 saturated heterocycles. The fourth-order valence-electron chi connectivity index (χ4n) is 2.05. The number of rotatable bonds is 4. The van der Waals surface area contributed by atoms with Crippen molar-refractivity contribution in [2.24, 2.45) is 14.1 Å². The van der Waals surface area contributed by atoms with Gasteiger partial charge in [-0.3, -0.25) is 9.36 Å². The number of benzene rings is 1. The van der Waals surface area contributed by atoms with Crippen molar-refractivity contribution in [1.29, 1.82) is 0 Å². The number of hydrogen-bond donors (Lipinski definition) is 1. The van der Waals surface area contributed by atoms with E-state index in [1.54, 1.807) is 12.1 Å². The van der Waals surface area contributed by atoms with Gasteiger partial charge in [-0.15, -0.1) is 5.10 Å². The Hall–Kier alpha value is -2.44. The van der Waals surface area contributed by atoms with Crippen LogP contribution < -0.4 is 16.6 Å². The summed E-state index contributed by atoms with van der Waals surface area (Å²) >= 11 is 0. The lowest BCUT2D eigenvalue weighted by atomic mass is 10.1. The van der Waals surface area contributed by atoms with Crippen molar-refractivity contribution in [2.45, 2.75) is 19.4 Å². The van der Waals surface area contributed by atoms with E-state index >= 15 is 0 Å². The first-order chi connectivity index (χ1) is 9.88. The van der Waals surface area contributed by atoms with E-state index in [-0.39, 0.29) is 17.7 Å². The lowest BCUT2D eigenvalue weighted by Gasteiger charge is -2.15. The molecule has 1 heterocycles. The van der Waals surface area contributed by atoms with Crippen LogP contribution in [0.1, 0.15) is 12.5 Å². The summed E-state index contributed by atoms with van der Waals surface area (Å²) in [6.45, 7) is 1.88. The summed E-state index contributed by atoms with van der Waals surface area (Å²) in [5.41, 5.74) is -0.00108. The topological polar surface area (TPSA) is 68.9 Å². The average Bonchev–Trinajstić information content (AvgIpc) is 2.45. The summed E-state index contributed by atoms with van der Waals surface area (Å²) in [7, 11) is 2.89. The lowest BCUT2D eigenvalue weighted by Crippen LogP contribution is -2.41. The first-order valence-corrected chi connectivity index (χ1v) is 6.54. The summed E-state index contributed by atoms with van der Waals surface area (Å²) < 4.78 is 15.0. The molecule has 0 radical (unpaired) electrons. The second-order valence-electron chi connectivity index (χ2n) is 4.99. The van der Waals surface area contributed by atoms with Crippen LogP contribution in [0.4, 0.5) is 10.2 Å². The molecule has 0 aliphatic heterocycles. The minimum absolute atomic E-state index is 0.0897. The monoisotopic (exact) mass is 292 g/mol. The summed E-state index contributed by atoms with van der Waals surface area (Å²) in [5.74, 6) is -0.165. The summed E-state index contributed by atoms with van der Waals surface area (Å²) in [6, 6.07) is 6.09. The van der Waals surface area contributed by atoms with Crippen molar-refractivity contribution < 1.29 is 4.39 Å². The molecule has 0 aliphatic carbocycles. The second-order valence-corrected chi connectivity index (χ2v) is 4.99. The quantitative estimate of drug-likeness (QED) is 0.899. The van der Waals surface area contributed by atoms with Crippen molar-refractivity contribution in [2.75, 3.05) is 5.32 Å². The molecule has 0 aliphatic rings. The van der Waals surface area contributed by atoms with Crippen LogP contribution in [0.15, 0.2) is 33.9 Å². The Morgan fingerprint density at radius 2 is 1.86 bits per heavy atom. The van der Waals surface area contributed by atoms with E-state index in [1.807, 2.05) is 6.92 Å². The Kier molecular flexibility index (Phi) is 4.21. The number of nitrogens with zero attached hydrogens (tertiary/aromatic N) is 3. The van der Waals surface area contributed by atoms with Crippen molar-refractivity contribution in [3.05, 3.63) is 56.5 Å². The van der Waals surface area contributed by atoms with Crippen LogP contribution >= 0.6 is 0 Å². The van der Waals surface area contributed by atoms with Gasteiger partial charge in [0.1, 0.15) is 5.82 Å². The minimum atomic E-state index is -0.475. The molecule has 7 heteroatoms. The summed E-state index contributed by atoms with van der Waals surface area (Å²) in [5, 5.41) is 6.91. The SMILES string of the molecule is CC(Cc1ccc(F)cc1)Nc1nn(C)c(=O)n(C)c1=O. The van der Waals surface area contributed by atoms with Gasteiger partial charge in [-0.1, -0.05) is 12.1 Å². The van der Waals surface area contributed by atoms with Crippen LogP contribution in [-0.4, -0.2) is 20.4 Å². The molecule has 0 saturated carbocycles. The molecule has 0 amide bonds. The van der Waals surface area contributed by atoms with Crippen molar-refractivity contribution in [1.82, 2.24) is 14.3 Å². The van der Waals surface area contributed by atoms with E-state index < -0.39 is 11.2 Å². The van der Waals surface area contributed by atoms with Gasteiger partial charge in [-0.2, -0.15) is 0 Å². The van der Waals surface area contributed by atoms with Gasteiger partial charge in [0.2, 0.25) is 5.82 Å². The highest BCUT2D eigenvalue weighted by atomic mass is 19.1. The van der Waals surface area contributed by atoms with Gasteiger partial charge >= 0.3 is 5.69 Å². The molecule has 2 rings (SSSR count). The van der Waals surface area contributed by atoms with Gasteiger partial charge in [0.15, 0.2) is 0 Å². The molecule has 0 fully saturated rings. The van der Waals surface area contributed by atoms with Crippen molar-refractivity contribution in [3.8, 4) is 0 Å². The van der Waals surface area contributed by atoms with Crippen LogP contribution in [0.2, 0.25) is 0 Å².